The summed E-state index contributed by atoms with van der Waals surface area (Å²) in [5.74, 6) is 1.17. The van der Waals surface area contributed by atoms with E-state index in [4.69, 9.17) is 0 Å². The Morgan fingerprint density at radius 3 is 2.88 bits per heavy atom. The minimum Gasteiger partial charge on any atom is -0.336 e. The van der Waals surface area contributed by atoms with Gasteiger partial charge in [0.2, 0.25) is 5.91 Å². The number of hydrogen-bond donors (Lipinski definition) is 2. The molecule has 3 amide bonds. The predicted octanol–water partition coefficient (Wildman–Crippen LogP) is 2.70. The van der Waals surface area contributed by atoms with Crippen LogP contribution in [0, 0.1) is 6.92 Å². The number of carbonyl (C=O) groups is 2. The number of amides is 3. The van der Waals surface area contributed by atoms with Crippen molar-refractivity contribution in [3.05, 3.63) is 42.0 Å². The molecule has 1 fully saturated rings. The second kappa shape index (κ2) is 8.03. The van der Waals surface area contributed by atoms with E-state index in [9.17, 15) is 9.59 Å². The highest BCUT2D eigenvalue weighted by Crippen LogP contribution is 2.27. The molecule has 1 aliphatic heterocycles. The molecule has 3 rings (SSSR count). The number of aromatic nitrogens is 2. The lowest BCUT2D eigenvalue weighted by atomic mass is 10.1. The van der Waals surface area contributed by atoms with Crippen molar-refractivity contribution in [3.63, 3.8) is 0 Å². The molecule has 7 heteroatoms. The lowest BCUT2D eigenvalue weighted by molar-refractivity contribution is -0.117. The van der Waals surface area contributed by atoms with Crippen LogP contribution in [-0.4, -0.2) is 34.6 Å². The molecule has 1 aliphatic rings. The monoisotopic (exact) mass is 355 g/mol. The molecule has 1 aromatic heterocycles. The molecule has 1 saturated heterocycles. The quantitative estimate of drug-likeness (QED) is 0.836. The van der Waals surface area contributed by atoms with Gasteiger partial charge >= 0.3 is 6.03 Å². The van der Waals surface area contributed by atoms with Gasteiger partial charge in [-0.2, -0.15) is 0 Å². The van der Waals surface area contributed by atoms with Crippen LogP contribution in [-0.2, 0) is 17.8 Å². The Labute approximate surface area is 153 Å². The number of anilines is 2. The third kappa shape index (κ3) is 4.04. The molecular weight excluding hydrogens is 330 g/mol. The average molecular weight is 355 g/mol. The lowest BCUT2D eigenvalue weighted by Crippen LogP contribution is -2.31. The van der Waals surface area contributed by atoms with Crippen molar-refractivity contribution in [2.45, 2.75) is 39.7 Å². The van der Waals surface area contributed by atoms with E-state index in [1.54, 1.807) is 6.20 Å². The molecule has 0 atom stereocenters. The van der Waals surface area contributed by atoms with E-state index in [1.165, 1.54) is 0 Å². The summed E-state index contributed by atoms with van der Waals surface area (Å²) in [5, 5.41) is 5.70. The number of hydrogen-bond acceptors (Lipinski definition) is 3. The molecule has 1 aromatic carbocycles. The van der Waals surface area contributed by atoms with Crippen LogP contribution in [0.15, 0.2) is 30.6 Å². The fourth-order valence-electron chi connectivity index (χ4n) is 3.26. The number of rotatable bonds is 6. The molecule has 138 valence electrons. The van der Waals surface area contributed by atoms with Crippen LogP contribution in [0.3, 0.4) is 0 Å². The summed E-state index contributed by atoms with van der Waals surface area (Å²) in [5.41, 5.74) is 2.61. The van der Waals surface area contributed by atoms with E-state index in [-0.39, 0.29) is 11.9 Å². The lowest BCUT2D eigenvalue weighted by Gasteiger charge is -2.19. The van der Waals surface area contributed by atoms with Crippen LogP contribution in [0.1, 0.15) is 31.2 Å². The predicted molar refractivity (Wildman–Crippen MR) is 101 cm³/mol. The highest BCUT2D eigenvalue weighted by atomic mass is 16.2. The van der Waals surface area contributed by atoms with Crippen LogP contribution in [0.5, 0.6) is 0 Å². The maximum Gasteiger partial charge on any atom is 0.319 e. The number of carbonyl (C=O) groups excluding carboxylic acids is 2. The van der Waals surface area contributed by atoms with Gasteiger partial charge in [-0.15, -0.1) is 0 Å². The van der Waals surface area contributed by atoms with Gasteiger partial charge in [0.1, 0.15) is 5.82 Å². The van der Waals surface area contributed by atoms with Crippen molar-refractivity contribution in [1.82, 2.24) is 14.9 Å². The smallest absolute Gasteiger partial charge is 0.319 e. The second-order valence-corrected chi connectivity index (χ2v) is 6.42. The van der Waals surface area contributed by atoms with Gasteiger partial charge in [0.05, 0.1) is 0 Å². The standard InChI is InChI=1S/C19H25N5O2/c1-3-17-20-8-11-23(17)12-9-21-19(26)22-15-6-7-16(14(2)13-15)24-10-4-5-18(24)25/h6-8,11,13H,3-5,9-10,12H2,1-2H3,(H2,21,22,26). The van der Waals surface area contributed by atoms with Crippen molar-refractivity contribution >= 4 is 23.3 Å². The average Bonchev–Trinajstić information content (AvgIpc) is 3.24. The Morgan fingerprint density at radius 2 is 2.19 bits per heavy atom. The van der Waals surface area contributed by atoms with Crippen molar-refractivity contribution < 1.29 is 9.59 Å². The zero-order chi connectivity index (χ0) is 18.5. The Balaban J connectivity index is 1.52. The molecule has 2 N–H and O–H groups in total. The van der Waals surface area contributed by atoms with Crippen molar-refractivity contribution in [2.24, 2.45) is 0 Å². The maximum absolute atomic E-state index is 12.1. The van der Waals surface area contributed by atoms with Crippen LogP contribution in [0.4, 0.5) is 16.2 Å². The summed E-state index contributed by atoms with van der Waals surface area (Å²) >= 11 is 0. The molecule has 0 aliphatic carbocycles. The molecule has 0 saturated carbocycles. The van der Waals surface area contributed by atoms with Crippen LogP contribution >= 0.6 is 0 Å². The first-order valence-corrected chi connectivity index (χ1v) is 9.04. The largest absolute Gasteiger partial charge is 0.336 e. The summed E-state index contributed by atoms with van der Waals surface area (Å²) in [4.78, 5) is 30.1. The maximum atomic E-state index is 12.1. The molecule has 26 heavy (non-hydrogen) atoms. The zero-order valence-corrected chi connectivity index (χ0v) is 15.3. The van der Waals surface area contributed by atoms with Gasteiger partial charge in [0, 0.05) is 56.2 Å². The number of benzene rings is 1. The summed E-state index contributed by atoms with van der Waals surface area (Å²) in [6.45, 7) is 5.98. The van der Waals surface area contributed by atoms with Gasteiger partial charge in [-0.3, -0.25) is 4.79 Å². The zero-order valence-electron chi connectivity index (χ0n) is 15.3. The molecule has 2 heterocycles. The van der Waals surface area contributed by atoms with Crippen LogP contribution in [0.2, 0.25) is 0 Å². The topological polar surface area (TPSA) is 79.3 Å². The van der Waals surface area contributed by atoms with E-state index in [0.717, 1.165) is 36.5 Å². The fraction of sp³-hybridized carbons (Fsp3) is 0.421. The van der Waals surface area contributed by atoms with Gasteiger partial charge in [0.15, 0.2) is 0 Å². The number of aryl methyl sites for hydroxylation is 2. The number of nitrogens with one attached hydrogen (secondary N) is 2. The summed E-state index contributed by atoms with van der Waals surface area (Å²) in [6.07, 6.45) is 6.06. The van der Waals surface area contributed by atoms with E-state index in [2.05, 4.69) is 22.5 Å². The molecule has 7 nitrogen and oxygen atoms in total. The van der Waals surface area contributed by atoms with Crippen molar-refractivity contribution in [3.8, 4) is 0 Å². The van der Waals surface area contributed by atoms with E-state index >= 15 is 0 Å². The molecule has 0 bridgehead atoms. The van der Waals surface area contributed by atoms with E-state index in [1.807, 2.05) is 40.8 Å². The fourth-order valence-corrected chi connectivity index (χ4v) is 3.26. The third-order valence-corrected chi connectivity index (χ3v) is 4.58. The third-order valence-electron chi connectivity index (χ3n) is 4.58. The molecule has 0 spiro atoms. The van der Waals surface area contributed by atoms with Gasteiger partial charge in [-0.05, 0) is 37.1 Å². The highest BCUT2D eigenvalue weighted by Gasteiger charge is 2.22. The first-order chi connectivity index (χ1) is 12.6. The van der Waals surface area contributed by atoms with E-state index < -0.39 is 0 Å². The van der Waals surface area contributed by atoms with Gasteiger partial charge in [-0.1, -0.05) is 6.92 Å². The SMILES string of the molecule is CCc1nccn1CCNC(=O)Nc1ccc(N2CCCC2=O)c(C)c1. The Morgan fingerprint density at radius 1 is 1.35 bits per heavy atom. The Hall–Kier alpha value is -2.83. The number of nitrogens with zero attached hydrogens (tertiary/aromatic N) is 3. The van der Waals surface area contributed by atoms with Crippen molar-refractivity contribution in [1.29, 1.82) is 0 Å². The van der Waals surface area contributed by atoms with Crippen LogP contribution in [0.25, 0.3) is 0 Å². The van der Waals surface area contributed by atoms with Crippen LogP contribution < -0.4 is 15.5 Å². The van der Waals surface area contributed by atoms with Gasteiger partial charge < -0.3 is 20.1 Å². The summed E-state index contributed by atoms with van der Waals surface area (Å²) in [6, 6.07) is 5.38. The van der Waals surface area contributed by atoms with Gasteiger partial charge in [-0.25, -0.2) is 9.78 Å². The van der Waals surface area contributed by atoms with Gasteiger partial charge in [0.25, 0.3) is 0 Å². The minimum atomic E-state index is -0.243. The molecule has 2 aromatic rings. The summed E-state index contributed by atoms with van der Waals surface area (Å²) < 4.78 is 2.03. The second-order valence-electron chi connectivity index (χ2n) is 6.42. The molecule has 0 radical (unpaired) electrons. The molecule has 0 unspecified atom stereocenters. The first kappa shape index (κ1) is 18.0. The summed E-state index contributed by atoms with van der Waals surface area (Å²) in [7, 11) is 0. The Bertz CT molecular complexity index is 799. The van der Waals surface area contributed by atoms with E-state index in [0.29, 0.717) is 25.2 Å². The highest BCUT2D eigenvalue weighted by molar-refractivity contribution is 5.96. The Kier molecular flexibility index (Phi) is 5.55. The first-order valence-electron chi connectivity index (χ1n) is 9.04. The molecular formula is C19H25N5O2. The van der Waals surface area contributed by atoms with Crippen molar-refractivity contribution in [2.75, 3.05) is 23.3 Å². The minimum absolute atomic E-state index is 0.164. The normalized spacial score (nSPS) is 13.9. The number of imidazole rings is 1. The number of urea groups is 1.